The summed E-state index contributed by atoms with van der Waals surface area (Å²) in [5.41, 5.74) is 0.411. The van der Waals surface area contributed by atoms with Gasteiger partial charge in [0.05, 0.1) is 36.6 Å². The van der Waals surface area contributed by atoms with Crippen molar-refractivity contribution in [3.63, 3.8) is 0 Å². The average molecular weight is 416 g/mol. The van der Waals surface area contributed by atoms with Gasteiger partial charge in [-0.15, -0.1) is 0 Å². The van der Waals surface area contributed by atoms with Crippen molar-refractivity contribution < 1.29 is 33.4 Å². The fourth-order valence-corrected chi connectivity index (χ4v) is 3.94. The summed E-state index contributed by atoms with van der Waals surface area (Å²) in [7, 11) is 1.23. The molecule has 1 saturated carbocycles. The SMILES string of the molecule is COC(=O)c1ccccc1NC(=O)COC(=O)CCN1C(=O)[C@@H]2CCCC[C@H]2C1=O. The van der Waals surface area contributed by atoms with Crippen molar-refractivity contribution in [3.05, 3.63) is 29.8 Å². The van der Waals surface area contributed by atoms with E-state index in [4.69, 9.17) is 4.74 Å². The topological polar surface area (TPSA) is 119 Å². The number of hydrogen-bond acceptors (Lipinski definition) is 7. The quantitative estimate of drug-likeness (QED) is 0.529. The van der Waals surface area contributed by atoms with Crippen LogP contribution in [-0.2, 0) is 28.7 Å². The number of anilines is 1. The summed E-state index contributed by atoms with van der Waals surface area (Å²) in [6.07, 6.45) is 3.12. The second-order valence-electron chi connectivity index (χ2n) is 7.32. The molecule has 3 rings (SSSR count). The zero-order chi connectivity index (χ0) is 21.7. The van der Waals surface area contributed by atoms with Gasteiger partial charge in [-0.2, -0.15) is 0 Å². The molecular weight excluding hydrogens is 392 g/mol. The molecule has 0 aromatic heterocycles. The highest BCUT2D eigenvalue weighted by Crippen LogP contribution is 2.37. The Hall–Kier alpha value is -3.23. The third kappa shape index (κ3) is 4.67. The number of methoxy groups -OCH3 is 1. The maximum absolute atomic E-state index is 12.4. The minimum atomic E-state index is -0.693. The molecule has 0 radical (unpaired) electrons. The third-order valence-corrected chi connectivity index (χ3v) is 5.44. The van der Waals surface area contributed by atoms with Crippen LogP contribution in [0.4, 0.5) is 5.69 Å². The fraction of sp³-hybridized carbons (Fsp3) is 0.476. The first-order valence-electron chi connectivity index (χ1n) is 9.90. The van der Waals surface area contributed by atoms with Gasteiger partial charge in [0.15, 0.2) is 6.61 Å². The minimum Gasteiger partial charge on any atom is -0.465 e. The molecule has 30 heavy (non-hydrogen) atoms. The van der Waals surface area contributed by atoms with Crippen molar-refractivity contribution in [1.29, 1.82) is 0 Å². The first kappa shape index (κ1) is 21.5. The van der Waals surface area contributed by atoms with Gasteiger partial charge in [0.25, 0.3) is 5.91 Å². The number of esters is 2. The average Bonchev–Trinajstić information content (AvgIpc) is 3.00. The second-order valence-corrected chi connectivity index (χ2v) is 7.32. The van der Waals surface area contributed by atoms with Crippen molar-refractivity contribution >= 4 is 35.3 Å². The number of nitrogens with zero attached hydrogens (tertiary/aromatic N) is 1. The van der Waals surface area contributed by atoms with Crippen LogP contribution < -0.4 is 5.32 Å². The van der Waals surface area contributed by atoms with E-state index in [-0.39, 0.29) is 47.9 Å². The lowest BCUT2D eigenvalue weighted by Crippen LogP contribution is -2.33. The van der Waals surface area contributed by atoms with Gasteiger partial charge in [0.1, 0.15) is 0 Å². The fourth-order valence-electron chi connectivity index (χ4n) is 3.94. The highest BCUT2D eigenvalue weighted by molar-refractivity contribution is 6.05. The van der Waals surface area contributed by atoms with Gasteiger partial charge in [-0.3, -0.25) is 24.1 Å². The van der Waals surface area contributed by atoms with Crippen LogP contribution in [0.25, 0.3) is 0 Å². The summed E-state index contributed by atoms with van der Waals surface area (Å²) in [5.74, 6) is -2.88. The Morgan fingerprint density at radius 2 is 1.70 bits per heavy atom. The molecule has 9 nitrogen and oxygen atoms in total. The van der Waals surface area contributed by atoms with Gasteiger partial charge in [0.2, 0.25) is 11.8 Å². The maximum atomic E-state index is 12.4. The van der Waals surface area contributed by atoms with Crippen molar-refractivity contribution in [1.82, 2.24) is 4.90 Å². The van der Waals surface area contributed by atoms with Crippen LogP contribution in [0.5, 0.6) is 0 Å². The highest BCUT2D eigenvalue weighted by atomic mass is 16.5. The summed E-state index contributed by atoms with van der Waals surface area (Å²) in [5, 5.41) is 2.49. The van der Waals surface area contributed by atoms with Crippen LogP contribution in [0.2, 0.25) is 0 Å². The molecule has 1 aromatic rings. The van der Waals surface area contributed by atoms with E-state index in [0.717, 1.165) is 17.7 Å². The summed E-state index contributed by atoms with van der Waals surface area (Å²) in [4.78, 5) is 61.7. The van der Waals surface area contributed by atoms with Crippen LogP contribution in [0.1, 0.15) is 42.5 Å². The maximum Gasteiger partial charge on any atom is 0.339 e. The number of likely N-dealkylation sites (tertiary alicyclic amines) is 1. The number of rotatable bonds is 7. The number of imide groups is 1. The zero-order valence-corrected chi connectivity index (χ0v) is 16.7. The summed E-state index contributed by atoms with van der Waals surface area (Å²) in [6.45, 7) is -0.599. The first-order valence-corrected chi connectivity index (χ1v) is 9.90. The van der Waals surface area contributed by atoms with Crippen molar-refractivity contribution in [2.24, 2.45) is 11.8 Å². The van der Waals surface area contributed by atoms with E-state index in [1.807, 2.05) is 0 Å². The number of ether oxygens (including phenoxy) is 2. The number of hydrogen-bond donors (Lipinski definition) is 1. The Morgan fingerprint density at radius 1 is 1.07 bits per heavy atom. The van der Waals surface area contributed by atoms with Crippen LogP contribution >= 0.6 is 0 Å². The molecule has 1 N–H and O–H groups in total. The van der Waals surface area contributed by atoms with Crippen molar-refractivity contribution in [2.75, 3.05) is 25.6 Å². The Balaban J connectivity index is 1.46. The van der Waals surface area contributed by atoms with Crippen LogP contribution in [0, 0.1) is 11.8 Å². The van der Waals surface area contributed by atoms with E-state index >= 15 is 0 Å². The standard InChI is InChI=1S/C21H24N2O7/c1-29-21(28)15-8-4-5-9-16(15)22-17(24)12-30-18(25)10-11-23-19(26)13-6-2-3-7-14(13)20(23)27/h4-5,8-9,13-14H,2-3,6-7,10-12H2,1H3,(H,22,24)/t13-,14-/m1/s1. The van der Waals surface area contributed by atoms with E-state index in [0.29, 0.717) is 12.8 Å². The molecule has 0 unspecified atom stereocenters. The molecule has 1 aliphatic carbocycles. The van der Waals surface area contributed by atoms with E-state index in [9.17, 15) is 24.0 Å². The number of para-hydroxylation sites is 1. The molecule has 2 fully saturated rings. The van der Waals surface area contributed by atoms with E-state index in [1.165, 1.54) is 19.2 Å². The third-order valence-electron chi connectivity index (χ3n) is 5.44. The Morgan fingerprint density at radius 3 is 2.33 bits per heavy atom. The van der Waals surface area contributed by atoms with Crippen molar-refractivity contribution in [2.45, 2.75) is 32.1 Å². The van der Waals surface area contributed by atoms with Gasteiger partial charge < -0.3 is 14.8 Å². The first-order chi connectivity index (χ1) is 14.4. The molecule has 2 atom stereocenters. The number of nitrogens with one attached hydrogen (secondary N) is 1. The summed E-state index contributed by atoms with van der Waals surface area (Å²) >= 11 is 0. The van der Waals surface area contributed by atoms with Crippen molar-refractivity contribution in [3.8, 4) is 0 Å². The number of carbonyl (C=O) groups is 5. The van der Waals surface area contributed by atoms with Gasteiger partial charge in [-0.1, -0.05) is 25.0 Å². The van der Waals surface area contributed by atoms with E-state index in [1.54, 1.807) is 12.1 Å². The zero-order valence-electron chi connectivity index (χ0n) is 16.7. The molecule has 0 bridgehead atoms. The molecule has 2 aliphatic rings. The van der Waals surface area contributed by atoms with Crippen LogP contribution in [0.3, 0.4) is 0 Å². The number of fused-ring (bicyclic) bond motifs is 1. The summed E-state index contributed by atoms with van der Waals surface area (Å²) < 4.78 is 9.59. The van der Waals surface area contributed by atoms with E-state index < -0.39 is 24.5 Å². The molecule has 0 spiro atoms. The molecule has 3 amide bonds. The molecule has 160 valence electrons. The predicted octanol–water partition coefficient (Wildman–Crippen LogP) is 1.52. The number of amides is 3. The lowest BCUT2D eigenvalue weighted by Gasteiger charge is -2.19. The molecule has 1 saturated heterocycles. The summed E-state index contributed by atoms with van der Waals surface area (Å²) in [6, 6.07) is 6.28. The molecule has 1 heterocycles. The Labute approximate surface area is 173 Å². The number of benzene rings is 1. The monoisotopic (exact) mass is 416 g/mol. The minimum absolute atomic E-state index is 0.0453. The predicted molar refractivity (Wildman–Crippen MR) is 104 cm³/mol. The lowest BCUT2D eigenvalue weighted by molar-refractivity contribution is -0.148. The van der Waals surface area contributed by atoms with E-state index in [2.05, 4.69) is 10.1 Å². The normalized spacial score (nSPS) is 20.5. The van der Waals surface area contributed by atoms with Gasteiger partial charge >= 0.3 is 11.9 Å². The molecular formula is C21H24N2O7. The van der Waals surface area contributed by atoms with Gasteiger partial charge in [-0.25, -0.2) is 4.79 Å². The Bertz CT molecular complexity index is 843. The number of carbonyl (C=O) groups excluding carboxylic acids is 5. The molecule has 1 aromatic carbocycles. The van der Waals surface area contributed by atoms with Crippen LogP contribution in [0.15, 0.2) is 24.3 Å². The van der Waals surface area contributed by atoms with Gasteiger partial charge in [-0.05, 0) is 25.0 Å². The Kier molecular flexibility index (Phi) is 6.81. The van der Waals surface area contributed by atoms with Gasteiger partial charge in [0, 0.05) is 6.54 Å². The smallest absolute Gasteiger partial charge is 0.339 e. The largest absolute Gasteiger partial charge is 0.465 e. The molecule has 1 aliphatic heterocycles. The van der Waals surface area contributed by atoms with Crippen LogP contribution in [-0.4, -0.2) is 54.8 Å². The highest BCUT2D eigenvalue weighted by Gasteiger charge is 2.47. The lowest BCUT2D eigenvalue weighted by atomic mass is 9.81. The second kappa shape index (κ2) is 9.51. The molecule has 9 heteroatoms.